The number of nitrogens with zero attached hydrogens (tertiary/aromatic N) is 1. The number of carbonyl (C=O) groups is 1. The van der Waals surface area contributed by atoms with Crippen LogP contribution in [0.1, 0.15) is 10.4 Å². The Hall–Kier alpha value is -1.81. The van der Waals surface area contributed by atoms with Crippen molar-refractivity contribution in [1.29, 1.82) is 0 Å². The molecule has 0 saturated carbocycles. The molecular formula is C15H17NO2S. The van der Waals surface area contributed by atoms with E-state index in [9.17, 15) is 4.79 Å². The largest absolute Gasteiger partial charge is 0.484 e. The molecule has 1 aromatic carbocycles. The predicted molar refractivity (Wildman–Crippen MR) is 77.5 cm³/mol. The predicted octanol–water partition coefficient (Wildman–Crippen LogP) is 3.09. The van der Waals surface area contributed by atoms with E-state index in [1.807, 2.05) is 35.7 Å². The van der Waals surface area contributed by atoms with Crippen molar-refractivity contribution in [2.24, 2.45) is 0 Å². The highest BCUT2D eigenvalue weighted by Gasteiger charge is 2.11. The SMILES string of the molecule is Cc1ccsc1CN(C)C(=O)COc1ccccc1. The minimum absolute atomic E-state index is 0.0170. The number of aryl methyl sites for hydroxylation is 1. The normalized spacial score (nSPS) is 10.2. The minimum atomic E-state index is -0.0170. The Morgan fingerprint density at radius 1 is 1.26 bits per heavy atom. The molecule has 2 rings (SSSR count). The van der Waals surface area contributed by atoms with Crippen LogP contribution in [-0.4, -0.2) is 24.5 Å². The van der Waals surface area contributed by atoms with Gasteiger partial charge in [0.05, 0.1) is 6.54 Å². The number of amides is 1. The summed E-state index contributed by atoms with van der Waals surface area (Å²) >= 11 is 1.68. The zero-order valence-corrected chi connectivity index (χ0v) is 11.9. The van der Waals surface area contributed by atoms with Gasteiger partial charge in [-0.1, -0.05) is 18.2 Å². The second-order valence-electron chi connectivity index (χ2n) is 4.38. The number of rotatable bonds is 5. The van der Waals surface area contributed by atoms with Crippen LogP contribution in [0.4, 0.5) is 0 Å². The number of hydrogen-bond donors (Lipinski definition) is 0. The van der Waals surface area contributed by atoms with Gasteiger partial charge in [-0.3, -0.25) is 4.79 Å². The fourth-order valence-corrected chi connectivity index (χ4v) is 2.60. The molecule has 0 aliphatic heterocycles. The highest BCUT2D eigenvalue weighted by molar-refractivity contribution is 7.10. The third kappa shape index (κ3) is 3.83. The number of para-hydroxylation sites is 1. The lowest BCUT2D eigenvalue weighted by atomic mass is 10.3. The maximum absolute atomic E-state index is 12.0. The van der Waals surface area contributed by atoms with Crippen LogP contribution < -0.4 is 4.74 Å². The van der Waals surface area contributed by atoms with Gasteiger partial charge in [-0.2, -0.15) is 0 Å². The van der Waals surface area contributed by atoms with E-state index in [1.54, 1.807) is 23.3 Å². The van der Waals surface area contributed by atoms with E-state index < -0.39 is 0 Å². The molecule has 19 heavy (non-hydrogen) atoms. The topological polar surface area (TPSA) is 29.5 Å². The Bertz CT molecular complexity index is 536. The van der Waals surface area contributed by atoms with E-state index in [2.05, 4.69) is 13.0 Å². The molecule has 0 bridgehead atoms. The maximum Gasteiger partial charge on any atom is 0.260 e. The van der Waals surface area contributed by atoms with Crippen molar-refractivity contribution in [2.75, 3.05) is 13.7 Å². The van der Waals surface area contributed by atoms with Crippen molar-refractivity contribution in [3.05, 3.63) is 52.2 Å². The summed E-state index contributed by atoms with van der Waals surface area (Å²) in [6, 6.07) is 11.4. The number of thiophene rings is 1. The van der Waals surface area contributed by atoms with Crippen LogP contribution in [0.15, 0.2) is 41.8 Å². The van der Waals surface area contributed by atoms with Crippen molar-refractivity contribution in [3.63, 3.8) is 0 Å². The zero-order chi connectivity index (χ0) is 13.7. The van der Waals surface area contributed by atoms with E-state index in [0.717, 1.165) is 5.75 Å². The first-order chi connectivity index (χ1) is 9.16. The molecule has 1 heterocycles. The highest BCUT2D eigenvalue weighted by Crippen LogP contribution is 2.17. The lowest BCUT2D eigenvalue weighted by Gasteiger charge is -2.17. The van der Waals surface area contributed by atoms with Crippen molar-refractivity contribution in [3.8, 4) is 5.75 Å². The Morgan fingerprint density at radius 2 is 2.00 bits per heavy atom. The van der Waals surface area contributed by atoms with Gasteiger partial charge < -0.3 is 9.64 Å². The third-order valence-corrected chi connectivity index (χ3v) is 3.89. The van der Waals surface area contributed by atoms with E-state index in [1.165, 1.54) is 10.4 Å². The number of carbonyl (C=O) groups excluding carboxylic acids is 1. The van der Waals surface area contributed by atoms with Gasteiger partial charge in [0.15, 0.2) is 6.61 Å². The van der Waals surface area contributed by atoms with Crippen molar-refractivity contribution in [1.82, 2.24) is 4.90 Å². The van der Waals surface area contributed by atoms with Crippen molar-refractivity contribution >= 4 is 17.2 Å². The van der Waals surface area contributed by atoms with E-state index in [-0.39, 0.29) is 12.5 Å². The summed E-state index contributed by atoms with van der Waals surface area (Å²) in [5.74, 6) is 0.702. The van der Waals surface area contributed by atoms with Crippen LogP contribution in [0, 0.1) is 6.92 Å². The first kappa shape index (κ1) is 13.6. The monoisotopic (exact) mass is 275 g/mol. The van der Waals surface area contributed by atoms with Gasteiger partial charge >= 0.3 is 0 Å². The van der Waals surface area contributed by atoms with Gasteiger partial charge in [-0.25, -0.2) is 0 Å². The van der Waals surface area contributed by atoms with Crippen LogP contribution in [0.2, 0.25) is 0 Å². The summed E-state index contributed by atoms with van der Waals surface area (Å²) in [7, 11) is 1.80. The molecule has 2 aromatic rings. The lowest BCUT2D eigenvalue weighted by molar-refractivity contribution is -0.132. The molecule has 1 amide bonds. The molecule has 0 spiro atoms. The summed E-state index contributed by atoms with van der Waals surface area (Å²) in [5, 5.41) is 2.05. The summed E-state index contributed by atoms with van der Waals surface area (Å²) in [6.45, 7) is 2.77. The smallest absolute Gasteiger partial charge is 0.260 e. The van der Waals surface area contributed by atoms with Crippen LogP contribution >= 0.6 is 11.3 Å². The first-order valence-electron chi connectivity index (χ1n) is 6.11. The van der Waals surface area contributed by atoms with Gasteiger partial charge in [0.2, 0.25) is 0 Å². The molecule has 0 aliphatic carbocycles. The molecule has 0 fully saturated rings. The standard InChI is InChI=1S/C15H17NO2S/c1-12-8-9-19-14(12)10-16(2)15(17)11-18-13-6-4-3-5-7-13/h3-9H,10-11H2,1-2H3. The van der Waals surface area contributed by atoms with Gasteiger partial charge in [0.1, 0.15) is 5.75 Å². The fraction of sp³-hybridized carbons (Fsp3) is 0.267. The Morgan fingerprint density at radius 3 is 2.63 bits per heavy atom. The molecule has 0 aliphatic rings. The Labute approximate surface area is 117 Å². The summed E-state index contributed by atoms with van der Waals surface area (Å²) in [6.07, 6.45) is 0. The average molecular weight is 275 g/mol. The van der Waals surface area contributed by atoms with E-state index in [0.29, 0.717) is 6.54 Å². The average Bonchev–Trinajstić information content (AvgIpc) is 2.82. The molecule has 100 valence electrons. The summed E-state index contributed by atoms with van der Waals surface area (Å²) in [4.78, 5) is 14.9. The highest BCUT2D eigenvalue weighted by atomic mass is 32.1. The van der Waals surface area contributed by atoms with Gasteiger partial charge in [-0.05, 0) is 36.1 Å². The third-order valence-electron chi connectivity index (χ3n) is 2.88. The molecule has 4 heteroatoms. The molecule has 0 atom stereocenters. The van der Waals surface area contributed by atoms with Crippen molar-refractivity contribution in [2.45, 2.75) is 13.5 Å². The van der Waals surface area contributed by atoms with Crippen LogP contribution in [-0.2, 0) is 11.3 Å². The second-order valence-corrected chi connectivity index (χ2v) is 5.38. The van der Waals surface area contributed by atoms with Gasteiger partial charge in [-0.15, -0.1) is 11.3 Å². The maximum atomic E-state index is 12.0. The molecule has 3 nitrogen and oxygen atoms in total. The number of likely N-dealkylation sites (N-methyl/N-ethyl adjacent to an activating group) is 1. The Kier molecular flexibility index (Phi) is 4.58. The summed E-state index contributed by atoms with van der Waals surface area (Å²) < 4.78 is 5.45. The summed E-state index contributed by atoms with van der Waals surface area (Å²) in [5.41, 5.74) is 1.23. The number of ether oxygens (including phenoxy) is 1. The quantitative estimate of drug-likeness (QED) is 0.839. The lowest BCUT2D eigenvalue weighted by Crippen LogP contribution is -2.30. The minimum Gasteiger partial charge on any atom is -0.484 e. The first-order valence-corrected chi connectivity index (χ1v) is 6.99. The van der Waals surface area contributed by atoms with Crippen molar-refractivity contribution < 1.29 is 9.53 Å². The molecule has 0 N–H and O–H groups in total. The van der Waals surface area contributed by atoms with Gasteiger partial charge in [0, 0.05) is 11.9 Å². The van der Waals surface area contributed by atoms with Crippen LogP contribution in [0.3, 0.4) is 0 Å². The molecular weight excluding hydrogens is 258 g/mol. The second kappa shape index (κ2) is 6.38. The molecule has 0 saturated heterocycles. The van der Waals surface area contributed by atoms with Gasteiger partial charge in [0.25, 0.3) is 5.91 Å². The molecule has 0 unspecified atom stereocenters. The molecule has 0 radical (unpaired) electrons. The van der Waals surface area contributed by atoms with Crippen LogP contribution in [0.5, 0.6) is 5.75 Å². The number of hydrogen-bond acceptors (Lipinski definition) is 3. The Balaban J connectivity index is 1.84. The number of benzene rings is 1. The van der Waals surface area contributed by atoms with E-state index in [4.69, 9.17) is 4.74 Å². The zero-order valence-electron chi connectivity index (χ0n) is 11.1. The fourth-order valence-electron chi connectivity index (χ4n) is 1.64. The van der Waals surface area contributed by atoms with Crippen LogP contribution in [0.25, 0.3) is 0 Å². The molecule has 1 aromatic heterocycles. The van der Waals surface area contributed by atoms with E-state index >= 15 is 0 Å².